The molecule has 0 radical (unpaired) electrons. The number of aromatic nitrogens is 1. The van der Waals surface area contributed by atoms with E-state index in [1.807, 2.05) is 0 Å². The van der Waals surface area contributed by atoms with Gasteiger partial charge in [-0.1, -0.05) is 0 Å². The second kappa shape index (κ2) is 3.36. The van der Waals surface area contributed by atoms with E-state index in [-0.39, 0.29) is 11.3 Å². The highest BCUT2D eigenvalue weighted by Gasteiger charge is 2.05. The Morgan fingerprint density at radius 2 is 1.79 bits per heavy atom. The largest absolute Gasteiger partial charge is 0.405 e. The fourth-order valence-corrected chi connectivity index (χ4v) is 1.70. The van der Waals surface area contributed by atoms with Gasteiger partial charge in [0.1, 0.15) is 4.47 Å². The third kappa shape index (κ3) is 1.55. The number of fused-ring (bicyclic) bond motifs is 1. The van der Waals surface area contributed by atoms with Gasteiger partial charge in [-0.2, -0.15) is 0 Å². The monoisotopic (exact) mass is 319 g/mol. The lowest BCUT2D eigenvalue weighted by Gasteiger charge is -1.96. The van der Waals surface area contributed by atoms with Crippen LogP contribution in [0, 0.1) is 0 Å². The van der Waals surface area contributed by atoms with Gasteiger partial charge < -0.3 is 4.42 Å². The Labute approximate surface area is 94.2 Å². The van der Waals surface area contributed by atoms with Crippen LogP contribution >= 0.6 is 31.9 Å². The highest BCUT2D eigenvalue weighted by Crippen LogP contribution is 2.15. The number of hydrogen-bond donors (Lipinski definition) is 1. The summed E-state index contributed by atoms with van der Waals surface area (Å²) in [6.07, 6.45) is 0. The first-order valence-electron chi connectivity index (χ1n) is 3.60. The van der Waals surface area contributed by atoms with Crippen LogP contribution in [0.2, 0.25) is 0 Å². The number of pyridine rings is 1. The molecule has 0 amide bonds. The van der Waals surface area contributed by atoms with E-state index in [0.29, 0.717) is 14.3 Å². The minimum atomic E-state index is -0.518. The van der Waals surface area contributed by atoms with E-state index >= 15 is 0 Å². The molecule has 0 spiro atoms. The third-order valence-corrected chi connectivity index (χ3v) is 2.80. The topological polar surface area (TPSA) is 63.1 Å². The number of halogens is 2. The fourth-order valence-electron chi connectivity index (χ4n) is 1.03. The van der Waals surface area contributed by atoms with Crippen LogP contribution in [0.25, 0.3) is 11.1 Å². The molecule has 14 heavy (non-hydrogen) atoms. The average Bonchev–Trinajstić information content (AvgIpc) is 2.11. The molecule has 0 bridgehead atoms. The lowest BCUT2D eigenvalue weighted by molar-refractivity contribution is 0.544. The Bertz CT molecular complexity index is 563. The van der Waals surface area contributed by atoms with Gasteiger partial charge >= 0.3 is 5.63 Å². The molecule has 0 unspecified atom stereocenters. The molecule has 0 aliphatic rings. The SMILES string of the molecule is O=c1[nH]c2oc(=O)c(Br)cc2cc1Br. The molecule has 4 nitrogen and oxygen atoms in total. The van der Waals surface area contributed by atoms with Gasteiger partial charge in [-0.3, -0.25) is 9.78 Å². The molecule has 72 valence electrons. The molecule has 6 heteroatoms. The average molecular weight is 321 g/mol. The second-order valence-electron chi connectivity index (χ2n) is 2.61. The summed E-state index contributed by atoms with van der Waals surface area (Å²) < 4.78 is 5.57. The van der Waals surface area contributed by atoms with E-state index in [0.717, 1.165) is 0 Å². The summed E-state index contributed by atoms with van der Waals surface area (Å²) in [4.78, 5) is 24.7. The predicted octanol–water partition coefficient (Wildman–Crippen LogP) is 2.01. The number of H-pyrrole nitrogens is 1. The van der Waals surface area contributed by atoms with Crippen molar-refractivity contribution < 1.29 is 4.42 Å². The summed E-state index contributed by atoms with van der Waals surface area (Å²) >= 11 is 6.13. The van der Waals surface area contributed by atoms with Crippen molar-refractivity contribution >= 4 is 43.0 Å². The van der Waals surface area contributed by atoms with Crippen LogP contribution in [-0.4, -0.2) is 4.98 Å². The van der Waals surface area contributed by atoms with Gasteiger partial charge in [0, 0.05) is 5.39 Å². The van der Waals surface area contributed by atoms with Crippen molar-refractivity contribution in [2.45, 2.75) is 0 Å². The zero-order chi connectivity index (χ0) is 10.3. The smallest absolute Gasteiger partial charge is 0.351 e. The Kier molecular flexibility index (Phi) is 2.32. The summed E-state index contributed by atoms with van der Waals surface area (Å²) in [6, 6.07) is 3.17. The second-order valence-corrected chi connectivity index (χ2v) is 4.32. The maximum atomic E-state index is 11.2. The Balaban J connectivity index is 2.97. The van der Waals surface area contributed by atoms with Crippen molar-refractivity contribution in [2.24, 2.45) is 0 Å². The molecule has 2 rings (SSSR count). The first-order valence-corrected chi connectivity index (χ1v) is 5.19. The van der Waals surface area contributed by atoms with E-state index in [1.165, 1.54) is 0 Å². The lowest BCUT2D eigenvalue weighted by Crippen LogP contribution is -2.08. The molecule has 2 aromatic rings. The van der Waals surface area contributed by atoms with Gasteiger partial charge in [0.05, 0.1) is 4.47 Å². The van der Waals surface area contributed by atoms with E-state index in [2.05, 4.69) is 36.8 Å². The van der Waals surface area contributed by atoms with Crippen molar-refractivity contribution in [2.75, 3.05) is 0 Å². The van der Waals surface area contributed by atoms with Crippen molar-refractivity contribution in [1.82, 2.24) is 4.98 Å². The van der Waals surface area contributed by atoms with Crippen molar-refractivity contribution in [3.8, 4) is 0 Å². The molecular weight excluding hydrogens is 318 g/mol. The predicted molar refractivity (Wildman–Crippen MR) is 58.5 cm³/mol. The molecule has 2 heterocycles. The van der Waals surface area contributed by atoms with Crippen molar-refractivity contribution in [1.29, 1.82) is 0 Å². The molecule has 0 aliphatic heterocycles. The number of hydrogen-bond acceptors (Lipinski definition) is 3. The maximum absolute atomic E-state index is 11.2. The Morgan fingerprint density at radius 3 is 2.50 bits per heavy atom. The standard InChI is InChI=1S/C8H3Br2NO3/c9-4-1-3-2-5(10)8(13)14-7(3)11-6(4)12/h1-2H,(H,11,12). The van der Waals surface area contributed by atoms with Crippen LogP contribution in [-0.2, 0) is 0 Å². The Hall–Kier alpha value is -0.880. The van der Waals surface area contributed by atoms with Gasteiger partial charge in [-0.05, 0) is 44.0 Å². The van der Waals surface area contributed by atoms with Crippen LogP contribution < -0.4 is 11.2 Å². The third-order valence-electron chi connectivity index (χ3n) is 1.66. The minimum Gasteiger partial charge on any atom is -0.405 e. The zero-order valence-corrected chi connectivity index (χ0v) is 9.81. The number of aromatic amines is 1. The molecule has 1 N–H and O–H groups in total. The maximum Gasteiger partial charge on any atom is 0.351 e. The summed E-state index contributed by atoms with van der Waals surface area (Å²) in [5.41, 5.74) is -0.676. The fraction of sp³-hybridized carbons (Fsp3) is 0. The van der Waals surface area contributed by atoms with Crippen LogP contribution in [0.1, 0.15) is 0 Å². The molecule has 0 atom stereocenters. The zero-order valence-electron chi connectivity index (χ0n) is 6.64. The van der Waals surface area contributed by atoms with Gasteiger partial charge in [0.15, 0.2) is 0 Å². The van der Waals surface area contributed by atoms with E-state index in [9.17, 15) is 9.59 Å². The van der Waals surface area contributed by atoms with E-state index in [4.69, 9.17) is 4.42 Å². The quantitative estimate of drug-likeness (QED) is 0.807. The van der Waals surface area contributed by atoms with E-state index in [1.54, 1.807) is 12.1 Å². The molecule has 2 aromatic heterocycles. The number of nitrogens with one attached hydrogen (secondary N) is 1. The van der Waals surface area contributed by atoms with Crippen LogP contribution in [0.15, 0.2) is 35.1 Å². The summed E-state index contributed by atoms with van der Waals surface area (Å²) in [6.45, 7) is 0. The highest BCUT2D eigenvalue weighted by molar-refractivity contribution is 9.10. The molecule has 0 saturated carbocycles. The van der Waals surface area contributed by atoms with Gasteiger partial charge in [-0.15, -0.1) is 0 Å². The van der Waals surface area contributed by atoms with Crippen molar-refractivity contribution in [3.63, 3.8) is 0 Å². The molecule has 0 aromatic carbocycles. The van der Waals surface area contributed by atoms with Crippen molar-refractivity contribution in [3.05, 3.63) is 41.9 Å². The summed E-state index contributed by atoms with van der Waals surface area (Å²) in [7, 11) is 0. The van der Waals surface area contributed by atoms with E-state index < -0.39 is 5.63 Å². The summed E-state index contributed by atoms with van der Waals surface area (Å²) in [5.74, 6) is 0. The van der Waals surface area contributed by atoms with Crippen LogP contribution in [0.5, 0.6) is 0 Å². The Morgan fingerprint density at radius 1 is 1.14 bits per heavy atom. The molecular formula is C8H3Br2NO3. The highest BCUT2D eigenvalue weighted by atomic mass is 79.9. The van der Waals surface area contributed by atoms with Gasteiger partial charge in [0.2, 0.25) is 5.71 Å². The molecule has 0 saturated heterocycles. The van der Waals surface area contributed by atoms with Crippen LogP contribution in [0.3, 0.4) is 0 Å². The minimum absolute atomic E-state index is 0.173. The molecule has 0 aliphatic carbocycles. The first-order chi connectivity index (χ1) is 6.58. The number of rotatable bonds is 0. The normalized spacial score (nSPS) is 10.7. The first kappa shape index (κ1) is 9.67. The van der Waals surface area contributed by atoms with Gasteiger partial charge in [-0.25, -0.2) is 4.79 Å². The van der Waals surface area contributed by atoms with Crippen LogP contribution in [0.4, 0.5) is 0 Å². The lowest BCUT2D eigenvalue weighted by atomic mass is 10.3. The summed E-state index contributed by atoms with van der Waals surface area (Å²) in [5, 5.41) is 0.642. The molecule has 0 fully saturated rings. The van der Waals surface area contributed by atoms with Gasteiger partial charge in [0.25, 0.3) is 5.56 Å².